The Morgan fingerprint density at radius 1 is 0.826 bits per heavy atom. The molecular weight excluding hydrogens is 288 g/mol. The van der Waals surface area contributed by atoms with Gasteiger partial charge in [0.25, 0.3) is 0 Å². The van der Waals surface area contributed by atoms with Crippen molar-refractivity contribution in [2.45, 2.75) is 89.9 Å². The first-order valence-electron chi connectivity index (χ1n) is 9.78. The van der Waals surface area contributed by atoms with Gasteiger partial charge in [-0.05, 0) is 92.8 Å². The van der Waals surface area contributed by atoms with Gasteiger partial charge in [0.2, 0.25) is 0 Å². The largest absolute Gasteiger partial charge is 0.393 e. The zero-order valence-corrected chi connectivity index (χ0v) is 15.0. The van der Waals surface area contributed by atoms with Crippen LogP contribution in [0.4, 0.5) is 0 Å². The minimum atomic E-state index is -0.526. The number of aliphatic hydroxyl groups is 3. The van der Waals surface area contributed by atoms with Gasteiger partial charge in [-0.3, -0.25) is 0 Å². The van der Waals surface area contributed by atoms with Crippen molar-refractivity contribution < 1.29 is 15.3 Å². The lowest BCUT2D eigenvalue weighted by molar-refractivity contribution is -0.191. The second-order valence-electron chi connectivity index (χ2n) is 9.93. The molecule has 3 nitrogen and oxygen atoms in total. The van der Waals surface area contributed by atoms with Crippen molar-refractivity contribution in [2.24, 2.45) is 34.5 Å². The Morgan fingerprint density at radius 3 is 2.26 bits per heavy atom. The van der Waals surface area contributed by atoms with Crippen LogP contribution in [0.1, 0.15) is 72.1 Å². The highest BCUT2D eigenvalue weighted by Crippen LogP contribution is 2.68. The molecule has 0 aromatic heterocycles. The molecular formula is C20H34O3. The summed E-state index contributed by atoms with van der Waals surface area (Å²) in [7, 11) is 0. The molecule has 0 aromatic carbocycles. The van der Waals surface area contributed by atoms with Crippen LogP contribution >= 0.6 is 0 Å². The zero-order chi connectivity index (χ0) is 16.6. The fourth-order valence-corrected chi connectivity index (χ4v) is 7.54. The van der Waals surface area contributed by atoms with Crippen molar-refractivity contribution in [3.05, 3.63) is 0 Å². The number of rotatable bonds is 0. The van der Waals surface area contributed by atoms with Gasteiger partial charge in [-0.15, -0.1) is 0 Å². The molecule has 0 bridgehead atoms. The van der Waals surface area contributed by atoms with E-state index in [0.717, 1.165) is 38.5 Å². The molecule has 0 radical (unpaired) electrons. The number of hydrogen-bond acceptors (Lipinski definition) is 3. The van der Waals surface area contributed by atoms with E-state index in [1.165, 1.54) is 6.42 Å². The molecule has 23 heavy (non-hydrogen) atoms. The molecule has 3 N–H and O–H groups in total. The fraction of sp³-hybridized carbons (Fsp3) is 1.00. The summed E-state index contributed by atoms with van der Waals surface area (Å²) in [6.45, 7) is 6.67. The zero-order valence-electron chi connectivity index (χ0n) is 15.0. The Balaban J connectivity index is 1.67. The van der Waals surface area contributed by atoms with Gasteiger partial charge in [0.1, 0.15) is 0 Å². The molecule has 4 fully saturated rings. The SMILES string of the molecule is C[C@]12[C@H](CC[C@@H]3[C@@H]1CC[C@@]1(C)[C@H]3CC[C@]1(C)O)C[C@H](O)C[C@H]2O. The quantitative estimate of drug-likeness (QED) is 0.642. The Hall–Kier alpha value is -0.120. The molecule has 0 heterocycles. The highest BCUT2D eigenvalue weighted by atomic mass is 16.3. The summed E-state index contributed by atoms with van der Waals surface area (Å²) in [5.41, 5.74) is -0.504. The average molecular weight is 322 g/mol. The van der Waals surface area contributed by atoms with Crippen LogP contribution in [0.2, 0.25) is 0 Å². The third-order valence-electron chi connectivity index (χ3n) is 9.30. The van der Waals surface area contributed by atoms with E-state index in [4.69, 9.17) is 0 Å². The lowest BCUT2D eigenvalue weighted by Crippen LogP contribution is -2.60. The maximum atomic E-state index is 10.9. The molecule has 9 atom stereocenters. The van der Waals surface area contributed by atoms with E-state index < -0.39 is 5.60 Å². The first-order chi connectivity index (χ1) is 10.7. The number of hydrogen-bond donors (Lipinski definition) is 3. The highest BCUT2D eigenvalue weighted by molar-refractivity contribution is 5.14. The first-order valence-corrected chi connectivity index (χ1v) is 9.78. The highest BCUT2D eigenvalue weighted by Gasteiger charge is 2.64. The van der Waals surface area contributed by atoms with E-state index in [1.807, 2.05) is 6.92 Å². The molecule has 4 aliphatic rings. The Kier molecular flexibility index (Phi) is 3.52. The summed E-state index contributed by atoms with van der Waals surface area (Å²) in [6, 6.07) is 0. The van der Waals surface area contributed by atoms with E-state index in [9.17, 15) is 15.3 Å². The Morgan fingerprint density at radius 2 is 1.52 bits per heavy atom. The standard InChI is InChI=1S/C20H34O3/c1-18-8-6-16-14(15(18)7-9-19(18,2)23)5-4-12-10-13(21)11-17(22)20(12,16)3/h12-17,21-23H,4-11H2,1-3H3/t12-,13+,14+,15+,16+,17-,18+,19+,20+/m1/s1. The van der Waals surface area contributed by atoms with Gasteiger partial charge in [0.15, 0.2) is 0 Å². The van der Waals surface area contributed by atoms with Gasteiger partial charge in [-0.25, -0.2) is 0 Å². The second-order valence-corrected chi connectivity index (χ2v) is 9.93. The molecule has 0 aliphatic heterocycles. The summed E-state index contributed by atoms with van der Waals surface area (Å²) in [4.78, 5) is 0. The van der Waals surface area contributed by atoms with Gasteiger partial charge in [0.05, 0.1) is 17.8 Å². The van der Waals surface area contributed by atoms with E-state index in [1.54, 1.807) is 0 Å². The summed E-state index contributed by atoms with van der Waals surface area (Å²) < 4.78 is 0. The average Bonchev–Trinajstić information content (AvgIpc) is 2.71. The van der Waals surface area contributed by atoms with Crippen LogP contribution in [-0.2, 0) is 0 Å². The van der Waals surface area contributed by atoms with Gasteiger partial charge >= 0.3 is 0 Å². The molecule has 0 amide bonds. The van der Waals surface area contributed by atoms with Gasteiger partial charge in [-0.2, -0.15) is 0 Å². The molecule has 132 valence electrons. The smallest absolute Gasteiger partial charge is 0.0675 e. The molecule has 0 spiro atoms. The third-order valence-corrected chi connectivity index (χ3v) is 9.30. The van der Waals surface area contributed by atoms with Crippen LogP contribution in [0.25, 0.3) is 0 Å². The lowest BCUT2D eigenvalue weighted by Gasteiger charge is -2.62. The van der Waals surface area contributed by atoms with Crippen molar-refractivity contribution in [3.63, 3.8) is 0 Å². The van der Waals surface area contributed by atoms with Crippen LogP contribution in [0, 0.1) is 34.5 Å². The predicted octanol–water partition coefficient (Wildman–Crippen LogP) is 3.11. The molecule has 0 saturated heterocycles. The molecule has 4 rings (SSSR count). The normalized spacial score (nSPS) is 62.3. The Bertz CT molecular complexity index is 489. The molecule has 0 aromatic rings. The fourth-order valence-electron chi connectivity index (χ4n) is 7.54. The lowest BCUT2D eigenvalue weighted by atomic mass is 9.44. The van der Waals surface area contributed by atoms with Crippen LogP contribution in [0.5, 0.6) is 0 Å². The van der Waals surface area contributed by atoms with E-state index in [0.29, 0.717) is 30.1 Å². The third kappa shape index (κ3) is 1.99. The maximum absolute atomic E-state index is 10.9. The van der Waals surface area contributed by atoms with Crippen molar-refractivity contribution in [3.8, 4) is 0 Å². The summed E-state index contributed by atoms with van der Waals surface area (Å²) in [5, 5.41) is 31.9. The molecule has 4 aliphatic carbocycles. The monoisotopic (exact) mass is 322 g/mol. The number of fused-ring (bicyclic) bond motifs is 5. The molecule has 4 saturated carbocycles. The van der Waals surface area contributed by atoms with Crippen LogP contribution < -0.4 is 0 Å². The predicted molar refractivity (Wildman–Crippen MR) is 89.7 cm³/mol. The topological polar surface area (TPSA) is 60.7 Å². The van der Waals surface area contributed by atoms with E-state index >= 15 is 0 Å². The minimum absolute atomic E-state index is 0.0298. The second kappa shape index (κ2) is 4.95. The summed E-state index contributed by atoms with van der Waals surface area (Å²) in [5.74, 6) is 2.28. The summed E-state index contributed by atoms with van der Waals surface area (Å²) >= 11 is 0. The van der Waals surface area contributed by atoms with Crippen molar-refractivity contribution in [2.75, 3.05) is 0 Å². The minimum Gasteiger partial charge on any atom is -0.393 e. The van der Waals surface area contributed by atoms with Gasteiger partial charge in [0, 0.05) is 0 Å². The van der Waals surface area contributed by atoms with E-state index in [-0.39, 0.29) is 23.0 Å². The maximum Gasteiger partial charge on any atom is 0.0675 e. The number of aliphatic hydroxyl groups excluding tert-OH is 2. The van der Waals surface area contributed by atoms with Crippen molar-refractivity contribution in [1.82, 2.24) is 0 Å². The van der Waals surface area contributed by atoms with Crippen molar-refractivity contribution >= 4 is 0 Å². The van der Waals surface area contributed by atoms with Crippen LogP contribution in [-0.4, -0.2) is 33.1 Å². The van der Waals surface area contributed by atoms with Gasteiger partial charge in [-0.1, -0.05) is 13.8 Å². The molecule has 3 heteroatoms. The van der Waals surface area contributed by atoms with E-state index in [2.05, 4.69) is 13.8 Å². The van der Waals surface area contributed by atoms with Crippen molar-refractivity contribution in [1.29, 1.82) is 0 Å². The Labute approximate surface area is 140 Å². The van der Waals surface area contributed by atoms with Crippen LogP contribution in [0.3, 0.4) is 0 Å². The molecule has 0 unspecified atom stereocenters. The summed E-state index contributed by atoms with van der Waals surface area (Å²) in [6.07, 6.45) is 7.39. The van der Waals surface area contributed by atoms with Gasteiger partial charge < -0.3 is 15.3 Å². The van der Waals surface area contributed by atoms with Crippen LogP contribution in [0.15, 0.2) is 0 Å². The first kappa shape index (κ1) is 16.4.